The Balaban J connectivity index is 4.34. The molecule has 0 heterocycles. The summed E-state index contributed by atoms with van der Waals surface area (Å²) in [5.74, 6) is -0.983. The summed E-state index contributed by atoms with van der Waals surface area (Å²) < 4.78 is 0. The van der Waals surface area contributed by atoms with E-state index in [1.165, 1.54) is 6.07 Å². The molecule has 13 heavy (non-hydrogen) atoms. The highest BCUT2D eigenvalue weighted by atomic mass is 16.6. The first-order valence-corrected chi connectivity index (χ1v) is 3.32. The number of carbonyl (C=O) groups is 2. The molecule has 0 bridgehead atoms. The van der Waals surface area contributed by atoms with Crippen LogP contribution >= 0.6 is 0 Å². The average Bonchev–Trinajstić information content (AvgIpc) is 2.04. The second kappa shape index (κ2) is 5.54. The molecule has 3 amide bonds. The second-order valence-corrected chi connectivity index (χ2v) is 1.79. The molecule has 7 heteroatoms. The highest BCUT2D eigenvalue weighted by Crippen LogP contribution is 1.81. The maximum absolute atomic E-state index is 10.8. The van der Waals surface area contributed by atoms with Gasteiger partial charge in [-0.2, -0.15) is 5.26 Å². The highest BCUT2D eigenvalue weighted by Gasteiger charge is 2.12. The number of rotatable bonds is 3. The molecule has 0 atom stereocenters. The highest BCUT2D eigenvalue weighted by molar-refractivity contribution is 6.46. The van der Waals surface area contributed by atoms with Gasteiger partial charge in [0.05, 0.1) is 0 Å². The van der Waals surface area contributed by atoms with E-state index >= 15 is 0 Å². The zero-order valence-corrected chi connectivity index (χ0v) is 6.90. The molecule has 0 aromatic carbocycles. The zero-order valence-electron chi connectivity index (χ0n) is 6.90. The van der Waals surface area contributed by atoms with Crippen molar-refractivity contribution in [1.29, 1.82) is 5.26 Å². The van der Waals surface area contributed by atoms with Crippen molar-refractivity contribution in [3.8, 4) is 6.07 Å². The summed E-state index contributed by atoms with van der Waals surface area (Å²) in [5, 5.41) is 13.2. The molecule has 3 N–H and O–H groups in total. The lowest BCUT2D eigenvalue weighted by molar-refractivity contribution is -0.113. The van der Waals surface area contributed by atoms with Crippen LogP contribution in [-0.2, 0) is 9.63 Å². The molecule has 70 valence electrons. The summed E-state index contributed by atoms with van der Waals surface area (Å²) in [6.45, 7) is 1.85. The summed E-state index contributed by atoms with van der Waals surface area (Å²) in [4.78, 5) is 25.5. The Morgan fingerprint density at radius 1 is 1.69 bits per heavy atom. The second-order valence-electron chi connectivity index (χ2n) is 1.79. The van der Waals surface area contributed by atoms with Crippen LogP contribution in [0.3, 0.4) is 0 Å². The number of hydrogen-bond acceptors (Lipinski definition) is 5. The third-order valence-corrected chi connectivity index (χ3v) is 0.843. The molecule has 0 rings (SSSR count). The average molecular weight is 184 g/mol. The van der Waals surface area contributed by atoms with Gasteiger partial charge in [-0.05, 0) is 6.92 Å². The minimum absolute atomic E-state index is 0.217. The van der Waals surface area contributed by atoms with Gasteiger partial charge in [0, 0.05) is 0 Å². The van der Waals surface area contributed by atoms with Gasteiger partial charge in [0.1, 0.15) is 12.7 Å². The van der Waals surface area contributed by atoms with Crippen LogP contribution in [0, 0.1) is 11.3 Å². The van der Waals surface area contributed by atoms with Crippen molar-refractivity contribution < 1.29 is 14.4 Å². The van der Waals surface area contributed by atoms with Crippen molar-refractivity contribution in [3.05, 3.63) is 0 Å². The monoisotopic (exact) mass is 184 g/mol. The standard InChI is InChI=1S/C6H8N4O3/c1-2-13-10-4(3-7)5(11)9-6(8)12/h2H2,1H3,(H3,8,9,11,12)/b10-4+. The van der Waals surface area contributed by atoms with E-state index in [4.69, 9.17) is 5.26 Å². The molecule has 0 aliphatic carbocycles. The number of nitrogens with two attached hydrogens (primary N) is 1. The number of carbonyl (C=O) groups excluding carboxylic acids is 2. The van der Waals surface area contributed by atoms with Crippen LogP contribution in [0.1, 0.15) is 6.92 Å². The molecular formula is C6H8N4O3. The maximum atomic E-state index is 10.8. The van der Waals surface area contributed by atoms with Crippen molar-refractivity contribution in [2.24, 2.45) is 10.9 Å². The number of hydrogen-bond donors (Lipinski definition) is 2. The Morgan fingerprint density at radius 3 is 2.69 bits per heavy atom. The van der Waals surface area contributed by atoms with E-state index in [1.807, 2.05) is 0 Å². The molecular weight excluding hydrogens is 176 g/mol. The van der Waals surface area contributed by atoms with Gasteiger partial charge in [-0.25, -0.2) is 4.79 Å². The van der Waals surface area contributed by atoms with E-state index in [9.17, 15) is 9.59 Å². The quantitative estimate of drug-likeness (QED) is 0.436. The first-order valence-electron chi connectivity index (χ1n) is 3.32. The summed E-state index contributed by atoms with van der Waals surface area (Å²) in [6, 6.07) is 0.396. The number of nitrogens with one attached hydrogen (secondary N) is 1. The van der Waals surface area contributed by atoms with Crippen molar-refractivity contribution in [2.45, 2.75) is 6.92 Å². The van der Waals surface area contributed by atoms with Gasteiger partial charge in [0.15, 0.2) is 0 Å². The van der Waals surface area contributed by atoms with Crippen molar-refractivity contribution in [2.75, 3.05) is 6.61 Å². The number of primary amides is 1. The summed E-state index contributed by atoms with van der Waals surface area (Å²) in [6.07, 6.45) is 0. The van der Waals surface area contributed by atoms with Crippen LogP contribution in [0.2, 0.25) is 0 Å². The molecule has 0 aromatic rings. The Hall–Kier alpha value is -2.10. The molecule has 0 spiro atoms. The van der Waals surface area contributed by atoms with Crippen LogP contribution in [0.5, 0.6) is 0 Å². The predicted molar refractivity (Wildman–Crippen MR) is 42.4 cm³/mol. The third-order valence-electron chi connectivity index (χ3n) is 0.843. The van der Waals surface area contributed by atoms with Crippen molar-refractivity contribution in [1.82, 2.24) is 5.32 Å². The van der Waals surface area contributed by atoms with Crippen LogP contribution < -0.4 is 11.1 Å². The smallest absolute Gasteiger partial charge is 0.319 e. The molecule has 0 unspecified atom stereocenters. The van der Waals surface area contributed by atoms with Gasteiger partial charge in [-0.3, -0.25) is 10.1 Å². The van der Waals surface area contributed by atoms with E-state index in [2.05, 4.69) is 15.7 Å². The van der Waals surface area contributed by atoms with Crippen LogP contribution in [-0.4, -0.2) is 24.3 Å². The minimum atomic E-state index is -1.05. The zero-order chi connectivity index (χ0) is 10.3. The van der Waals surface area contributed by atoms with Crippen molar-refractivity contribution in [3.63, 3.8) is 0 Å². The molecule has 0 saturated carbocycles. The van der Waals surface area contributed by atoms with E-state index < -0.39 is 17.6 Å². The molecule has 0 aromatic heterocycles. The normalized spacial score (nSPS) is 10.0. The Bertz CT molecular complexity index is 278. The number of amides is 3. The van der Waals surface area contributed by atoms with Gasteiger partial charge < -0.3 is 10.6 Å². The van der Waals surface area contributed by atoms with Crippen LogP contribution in [0.4, 0.5) is 4.79 Å². The molecule has 0 aliphatic heterocycles. The predicted octanol–water partition coefficient (Wildman–Crippen LogP) is -0.903. The molecule has 0 saturated heterocycles. The van der Waals surface area contributed by atoms with Crippen LogP contribution in [0.15, 0.2) is 5.16 Å². The lowest BCUT2D eigenvalue weighted by Gasteiger charge is -1.96. The summed E-state index contributed by atoms with van der Waals surface area (Å²) in [5.41, 5.74) is 4.08. The number of nitriles is 1. The lowest BCUT2D eigenvalue weighted by Crippen LogP contribution is -2.39. The number of nitrogens with zero attached hydrogens (tertiary/aromatic N) is 2. The number of imide groups is 1. The lowest BCUT2D eigenvalue weighted by atomic mass is 10.4. The van der Waals surface area contributed by atoms with Crippen LogP contribution in [0.25, 0.3) is 0 Å². The summed E-state index contributed by atoms with van der Waals surface area (Å²) in [7, 11) is 0. The Morgan fingerprint density at radius 2 is 2.31 bits per heavy atom. The number of oxime groups is 1. The van der Waals surface area contributed by atoms with Gasteiger partial charge in [0.2, 0.25) is 5.71 Å². The fourth-order valence-corrected chi connectivity index (χ4v) is 0.413. The van der Waals surface area contributed by atoms with E-state index in [0.717, 1.165) is 0 Å². The van der Waals surface area contributed by atoms with E-state index in [0.29, 0.717) is 0 Å². The fraction of sp³-hybridized carbons (Fsp3) is 0.333. The third kappa shape index (κ3) is 4.36. The van der Waals surface area contributed by atoms with Gasteiger partial charge in [-0.1, -0.05) is 5.16 Å². The van der Waals surface area contributed by atoms with Gasteiger partial charge >= 0.3 is 6.03 Å². The first kappa shape index (κ1) is 10.9. The molecule has 0 fully saturated rings. The fourth-order valence-electron chi connectivity index (χ4n) is 0.413. The molecule has 0 aliphatic rings. The largest absolute Gasteiger partial charge is 0.395 e. The first-order chi connectivity index (χ1) is 6.11. The number of urea groups is 1. The Kier molecular flexibility index (Phi) is 4.64. The topological polar surface area (TPSA) is 118 Å². The van der Waals surface area contributed by atoms with E-state index in [1.54, 1.807) is 12.2 Å². The van der Waals surface area contributed by atoms with Crippen molar-refractivity contribution >= 4 is 17.6 Å². The molecule has 0 radical (unpaired) electrons. The molecule has 7 nitrogen and oxygen atoms in total. The van der Waals surface area contributed by atoms with Gasteiger partial charge in [-0.15, -0.1) is 0 Å². The summed E-state index contributed by atoms with van der Waals surface area (Å²) >= 11 is 0. The van der Waals surface area contributed by atoms with E-state index in [-0.39, 0.29) is 6.61 Å². The SMILES string of the molecule is CCO/N=C(\C#N)C(=O)NC(N)=O. The van der Waals surface area contributed by atoms with Gasteiger partial charge in [0.25, 0.3) is 5.91 Å². The minimum Gasteiger partial charge on any atom is -0.395 e. The maximum Gasteiger partial charge on any atom is 0.319 e. The Labute approximate surface area is 74.1 Å².